The maximum absolute atomic E-state index is 9.49. The van der Waals surface area contributed by atoms with Crippen molar-refractivity contribution in [2.45, 2.75) is 51.6 Å². The fourth-order valence-corrected chi connectivity index (χ4v) is 3.82. The first-order chi connectivity index (χ1) is 10.2. The van der Waals surface area contributed by atoms with Crippen LogP contribution in [0.1, 0.15) is 37.2 Å². The van der Waals surface area contributed by atoms with Gasteiger partial charge in [0.1, 0.15) is 11.6 Å². The molecule has 3 rings (SSSR count). The third-order valence-electron chi connectivity index (χ3n) is 4.84. The smallest absolute Gasteiger partial charge is 0.132 e. The van der Waals surface area contributed by atoms with Gasteiger partial charge in [0.2, 0.25) is 0 Å². The van der Waals surface area contributed by atoms with E-state index in [0.29, 0.717) is 18.7 Å². The Bertz CT molecular complexity index is 465. The average molecular weight is 290 g/mol. The minimum absolute atomic E-state index is 0.310. The molecule has 2 fully saturated rings. The topological polar surface area (TPSA) is 52.5 Å². The summed E-state index contributed by atoms with van der Waals surface area (Å²) >= 11 is 0. The normalized spacial score (nSPS) is 24.7. The fourth-order valence-electron chi connectivity index (χ4n) is 3.82. The van der Waals surface area contributed by atoms with E-state index in [4.69, 9.17) is 0 Å². The Morgan fingerprint density at radius 1 is 1.14 bits per heavy atom. The van der Waals surface area contributed by atoms with E-state index in [1.807, 2.05) is 13.8 Å². The van der Waals surface area contributed by atoms with Gasteiger partial charge in [-0.25, -0.2) is 9.97 Å². The van der Waals surface area contributed by atoms with Crippen molar-refractivity contribution in [3.8, 4) is 0 Å². The maximum atomic E-state index is 9.49. The van der Waals surface area contributed by atoms with Crippen LogP contribution in [0.15, 0.2) is 6.07 Å². The standard InChI is InChI=1S/C16H26N4O/c1-12-10-16(18-13(2)17-12)19-8-5-14(6-9-19)20-7-3-4-15(20)11-21/h10,14-15,21H,3-9,11H2,1-2H3. The molecule has 2 aliphatic rings. The van der Waals surface area contributed by atoms with Crippen LogP contribution in [0.2, 0.25) is 0 Å². The Morgan fingerprint density at radius 2 is 1.90 bits per heavy atom. The van der Waals surface area contributed by atoms with E-state index in [9.17, 15) is 5.11 Å². The summed E-state index contributed by atoms with van der Waals surface area (Å²) in [6.07, 6.45) is 4.72. The van der Waals surface area contributed by atoms with Crippen molar-refractivity contribution in [2.75, 3.05) is 31.1 Å². The summed E-state index contributed by atoms with van der Waals surface area (Å²) in [5, 5.41) is 9.49. The van der Waals surface area contributed by atoms with Crippen molar-refractivity contribution in [3.63, 3.8) is 0 Å². The van der Waals surface area contributed by atoms with Crippen LogP contribution in [0, 0.1) is 13.8 Å². The van der Waals surface area contributed by atoms with Crippen LogP contribution in [0.5, 0.6) is 0 Å². The van der Waals surface area contributed by atoms with Crippen LogP contribution in [-0.4, -0.2) is 58.3 Å². The van der Waals surface area contributed by atoms with Crippen LogP contribution in [0.4, 0.5) is 5.82 Å². The highest BCUT2D eigenvalue weighted by Crippen LogP contribution is 2.27. The summed E-state index contributed by atoms with van der Waals surface area (Å²) in [6.45, 7) is 7.55. The molecular weight excluding hydrogens is 264 g/mol. The molecule has 0 bridgehead atoms. The number of anilines is 1. The Labute approximate surface area is 127 Å². The summed E-state index contributed by atoms with van der Waals surface area (Å²) in [5.41, 5.74) is 1.04. The van der Waals surface area contributed by atoms with E-state index in [-0.39, 0.29) is 0 Å². The van der Waals surface area contributed by atoms with E-state index >= 15 is 0 Å². The van der Waals surface area contributed by atoms with Gasteiger partial charge in [0.15, 0.2) is 0 Å². The Morgan fingerprint density at radius 3 is 2.57 bits per heavy atom. The van der Waals surface area contributed by atoms with Gasteiger partial charge in [-0.2, -0.15) is 0 Å². The predicted molar refractivity (Wildman–Crippen MR) is 83.6 cm³/mol. The lowest BCUT2D eigenvalue weighted by Gasteiger charge is -2.39. The molecule has 0 aromatic carbocycles. The van der Waals surface area contributed by atoms with Gasteiger partial charge in [0.25, 0.3) is 0 Å². The van der Waals surface area contributed by atoms with Gasteiger partial charge in [0, 0.05) is 36.9 Å². The number of piperidine rings is 1. The number of hydrogen-bond donors (Lipinski definition) is 1. The first kappa shape index (κ1) is 14.7. The van der Waals surface area contributed by atoms with E-state index in [2.05, 4.69) is 25.8 Å². The Kier molecular flexibility index (Phi) is 4.40. The lowest BCUT2D eigenvalue weighted by molar-refractivity contribution is 0.105. The van der Waals surface area contributed by atoms with Gasteiger partial charge in [0.05, 0.1) is 6.61 Å². The van der Waals surface area contributed by atoms with Crippen molar-refractivity contribution < 1.29 is 5.11 Å². The van der Waals surface area contributed by atoms with Gasteiger partial charge in [-0.15, -0.1) is 0 Å². The first-order valence-corrected chi connectivity index (χ1v) is 8.11. The van der Waals surface area contributed by atoms with E-state index in [0.717, 1.165) is 43.4 Å². The van der Waals surface area contributed by atoms with Crippen LogP contribution < -0.4 is 4.90 Å². The SMILES string of the molecule is Cc1cc(N2CCC(N3CCCC3CO)CC2)nc(C)n1. The van der Waals surface area contributed by atoms with Gasteiger partial charge >= 0.3 is 0 Å². The number of aryl methyl sites for hydroxylation is 2. The van der Waals surface area contributed by atoms with Crippen LogP contribution in [-0.2, 0) is 0 Å². The monoisotopic (exact) mass is 290 g/mol. The highest BCUT2D eigenvalue weighted by molar-refractivity contribution is 5.40. The molecule has 2 saturated heterocycles. The largest absolute Gasteiger partial charge is 0.395 e. The summed E-state index contributed by atoms with van der Waals surface area (Å²) in [5.74, 6) is 1.92. The molecule has 0 spiro atoms. The van der Waals surface area contributed by atoms with Crippen molar-refractivity contribution >= 4 is 5.82 Å². The molecule has 2 aliphatic heterocycles. The molecule has 1 N–H and O–H groups in total. The minimum atomic E-state index is 0.310. The van der Waals surface area contributed by atoms with Crippen molar-refractivity contribution in [3.05, 3.63) is 17.6 Å². The molecule has 0 radical (unpaired) electrons. The number of aliphatic hydroxyl groups is 1. The molecule has 1 atom stereocenters. The number of nitrogens with zero attached hydrogens (tertiary/aromatic N) is 4. The molecule has 1 unspecified atom stereocenters. The molecule has 0 aliphatic carbocycles. The second-order valence-electron chi connectivity index (χ2n) is 6.35. The van der Waals surface area contributed by atoms with E-state index in [1.165, 1.54) is 19.3 Å². The van der Waals surface area contributed by atoms with Gasteiger partial charge in [-0.05, 0) is 46.1 Å². The number of aromatic nitrogens is 2. The van der Waals surface area contributed by atoms with Gasteiger partial charge in [-0.3, -0.25) is 4.90 Å². The van der Waals surface area contributed by atoms with Crippen LogP contribution >= 0.6 is 0 Å². The minimum Gasteiger partial charge on any atom is -0.395 e. The molecule has 1 aromatic rings. The molecular formula is C16H26N4O. The van der Waals surface area contributed by atoms with Crippen molar-refractivity contribution in [1.82, 2.24) is 14.9 Å². The second-order valence-corrected chi connectivity index (χ2v) is 6.35. The summed E-state index contributed by atoms with van der Waals surface area (Å²) in [6, 6.07) is 3.11. The molecule has 21 heavy (non-hydrogen) atoms. The number of hydrogen-bond acceptors (Lipinski definition) is 5. The molecule has 0 saturated carbocycles. The van der Waals surface area contributed by atoms with Gasteiger partial charge in [-0.1, -0.05) is 0 Å². The predicted octanol–water partition coefficient (Wildman–Crippen LogP) is 1.52. The zero-order chi connectivity index (χ0) is 14.8. The fraction of sp³-hybridized carbons (Fsp3) is 0.750. The number of likely N-dealkylation sites (tertiary alicyclic amines) is 1. The molecule has 5 heteroatoms. The number of rotatable bonds is 3. The summed E-state index contributed by atoms with van der Waals surface area (Å²) < 4.78 is 0. The third-order valence-corrected chi connectivity index (χ3v) is 4.84. The third kappa shape index (κ3) is 3.19. The molecule has 116 valence electrons. The number of aliphatic hydroxyl groups excluding tert-OH is 1. The lowest BCUT2D eigenvalue weighted by Crippen LogP contribution is -2.47. The van der Waals surface area contributed by atoms with E-state index < -0.39 is 0 Å². The Hall–Kier alpha value is -1.20. The zero-order valence-electron chi connectivity index (χ0n) is 13.1. The molecule has 5 nitrogen and oxygen atoms in total. The second kappa shape index (κ2) is 6.28. The highest BCUT2D eigenvalue weighted by Gasteiger charge is 2.32. The average Bonchev–Trinajstić information content (AvgIpc) is 2.95. The highest BCUT2D eigenvalue weighted by atomic mass is 16.3. The van der Waals surface area contributed by atoms with Crippen LogP contribution in [0.3, 0.4) is 0 Å². The maximum Gasteiger partial charge on any atom is 0.132 e. The quantitative estimate of drug-likeness (QED) is 0.914. The lowest BCUT2D eigenvalue weighted by atomic mass is 10.0. The van der Waals surface area contributed by atoms with Gasteiger partial charge < -0.3 is 10.0 Å². The molecule has 0 amide bonds. The summed E-state index contributed by atoms with van der Waals surface area (Å²) in [7, 11) is 0. The van der Waals surface area contributed by atoms with Crippen LogP contribution in [0.25, 0.3) is 0 Å². The Balaban J connectivity index is 1.62. The van der Waals surface area contributed by atoms with Crippen molar-refractivity contribution in [2.24, 2.45) is 0 Å². The van der Waals surface area contributed by atoms with E-state index in [1.54, 1.807) is 0 Å². The molecule has 1 aromatic heterocycles. The molecule has 3 heterocycles. The first-order valence-electron chi connectivity index (χ1n) is 8.11. The summed E-state index contributed by atoms with van der Waals surface area (Å²) in [4.78, 5) is 13.8. The van der Waals surface area contributed by atoms with Crippen molar-refractivity contribution in [1.29, 1.82) is 0 Å². The zero-order valence-corrected chi connectivity index (χ0v) is 13.1.